The molecule has 1 aliphatic heterocycles. The van der Waals surface area contributed by atoms with Crippen LogP contribution in [-0.2, 0) is 4.79 Å². The Labute approximate surface area is 162 Å². The number of carbonyl (C=O) groups excluding carboxylic acids is 1. The molecule has 3 N–H and O–H groups in total. The fraction of sp³-hybridized carbons (Fsp3) is 0.316. The molecule has 0 atom stereocenters. The maximum atomic E-state index is 11.8. The second-order valence-corrected chi connectivity index (χ2v) is 6.43. The fourth-order valence-electron chi connectivity index (χ4n) is 3.05. The van der Waals surface area contributed by atoms with Crippen LogP contribution in [0.4, 0.5) is 23.0 Å². The Kier molecular flexibility index (Phi) is 4.64. The Morgan fingerprint density at radius 2 is 2.04 bits per heavy atom. The molecule has 3 aromatic rings. The van der Waals surface area contributed by atoms with Gasteiger partial charge in [-0.25, -0.2) is 4.98 Å². The molecule has 146 valence electrons. The number of aromatic nitrogens is 3. The summed E-state index contributed by atoms with van der Waals surface area (Å²) in [6.45, 7) is 4.81. The van der Waals surface area contributed by atoms with E-state index in [1.807, 2.05) is 25.1 Å². The third kappa shape index (κ3) is 3.26. The summed E-state index contributed by atoms with van der Waals surface area (Å²) in [6.07, 6.45) is 1.97. The summed E-state index contributed by atoms with van der Waals surface area (Å²) in [5.74, 6) is 2.59. The van der Waals surface area contributed by atoms with Crippen molar-refractivity contribution >= 4 is 34.6 Å². The summed E-state index contributed by atoms with van der Waals surface area (Å²) < 4.78 is 13.1. The monoisotopic (exact) mass is 382 g/mol. The van der Waals surface area contributed by atoms with Gasteiger partial charge >= 0.3 is 0 Å². The lowest BCUT2D eigenvalue weighted by Gasteiger charge is -2.22. The SMILES string of the molecule is CCC(=O)Nc1cnn2c(NC)cc(Nc3cc(C)cc4c3OCCO4)nc12. The van der Waals surface area contributed by atoms with Crippen molar-refractivity contribution in [3.63, 3.8) is 0 Å². The Hall–Kier alpha value is -3.49. The van der Waals surface area contributed by atoms with E-state index in [2.05, 4.69) is 26.0 Å². The van der Waals surface area contributed by atoms with Crippen LogP contribution in [0.15, 0.2) is 24.4 Å². The molecule has 0 bridgehead atoms. The van der Waals surface area contributed by atoms with Crippen LogP contribution in [0.25, 0.3) is 5.65 Å². The number of benzene rings is 1. The van der Waals surface area contributed by atoms with E-state index in [0.717, 1.165) is 17.1 Å². The standard InChI is InChI=1S/C19H22N6O3/c1-4-17(26)23-13-10-21-25-16(20-3)9-15(24-19(13)25)22-12-7-11(2)8-14-18(12)28-6-5-27-14/h7-10,20H,4-6H2,1-3H3,(H,22,24)(H,23,26). The highest BCUT2D eigenvalue weighted by Gasteiger charge is 2.19. The zero-order valence-electron chi connectivity index (χ0n) is 16.0. The smallest absolute Gasteiger partial charge is 0.224 e. The van der Waals surface area contributed by atoms with Crippen LogP contribution in [0.1, 0.15) is 18.9 Å². The molecule has 0 unspecified atom stereocenters. The second kappa shape index (κ2) is 7.26. The summed E-state index contributed by atoms with van der Waals surface area (Å²) in [5, 5.41) is 13.6. The van der Waals surface area contributed by atoms with Gasteiger partial charge in [0.1, 0.15) is 30.5 Å². The summed E-state index contributed by atoms with van der Waals surface area (Å²) in [5.41, 5.74) is 2.90. The van der Waals surface area contributed by atoms with Crippen molar-refractivity contribution in [3.05, 3.63) is 30.0 Å². The van der Waals surface area contributed by atoms with Crippen molar-refractivity contribution < 1.29 is 14.3 Å². The maximum Gasteiger partial charge on any atom is 0.224 e. The topological polar surface area (TPSA) is 102 Å². The quantitative estimate of drug-likeness (QED) is 0.623. The average Bonchev–Trinajstić information content (AvgIpc) is 3.09. The largest absolute Gasteiger partial charge is 0.486 e. The van der Waals surface area contributed by atoms with Crippen LogP contribution >= 0.6 is 0 Å². The number of carbonyl (C=O) groups is 1. The highest BCUT2D eigenvalue weighted by Crippen LogP contribution is 2.40. The van der Waals surface area contributed by atoms with E-state index in [4.69, 9.17) is 9.47 Å². The molecular formula is C19H22N6O3. The van der Waals surface area contributed by atoms with Crippen molar-refractivity contribution in [2.45, 2.75) is 20.3 Å². The van der Waals surface area contributed by atoms with Crippen LogP contribution < -0.4 is 25.4 Å². The minimum atomic E-state index is -0.0978. The molecule has 28 heavy (non-hydrogen) atoms. The molecule has 0 fully saturated rings. The Morgan fingerprint density at radius 1 is 1.21 bits per heavy atom. The van der Waals surface area contributed by atoms with Crippen LogP contribution in [0.2, 0.25) is 0 Å². The minimum Gasteiger partial charge on any atom is -0.486 e. The van der Waals surface area contributed by atoms with Gasteiger partial charge < -0.3 is 25.4 Å². The lowest BCUT2D eigenvalue weighted by atomic mass is 10.1. The van der Waals surface area contributed by atoms with Crippen molar-refractivity contribution in [2.75, 3.05) is 36.2 Å². The third-order valence-corrected chi connectivity index (χ3v) is 4.37. The Morgan fingerprint density at radius 3 is 2.82 bits per heavy atom. The van der Waals surface area contributed by atoms with E-state index in [9.17, 15) is 4.79 Å². The first kappa shape index (κ1) is 17.9. The van der Waals surface area contributed by atoms with E-state index in [-0.39, 0.29) is 5.91 Å². The number of fused-ring (bicyclic) bond motifs is 2. The number of nitrogens with one attached hydrogen (secondary N) is 3. The summed E-state index contributed by atoms with van der Waals surface area (Å²) in [7, 11) is 1.80. The summed E-state index contributed by atoms with van der Waals surface area (Å²) >= 11 is 0. The Bertz CT molecular complexity index is 1050. The number of nitrogens with zero attached hydrogens (tertiary/aromatic N) is 3. The Balaban J connectivity index is 1.76. The molecule has 0 saturated heterocycles. The maximum absolute atomic E-state index is 11.8. The number of ether oxygens (including phenoxy) is 2. The molecule has 3 heterocycles. The van der Waals surface area contributed by atoms with Gasteiger partial charge in [-0.3, -0.25) is 4.79 Å². The molecule has 9 nitrogen and oxygen atoms in total. The van der Waals surface area contributed by atoms with Gasteiger partial charge in [-0.05, 0) is 24.6 Å². The van der Waals surface area contributed by atoms with Gasteiger partial charge in [0.25, 0.3) is 0 Å². The summed E-state index contributed by atoms with van der Waals surface area (Å²) in [4.78, 5) is 16.5. The van der Waals surface area contributed by atoms with Crippen LogP contribution in [0, 0.1) is 6.92 Å². The van der Waals surface area contributed by atoms with E-state index >= 15 is 0 Å². The predicted octanol–water partition coefficient (Wildman–Crippen LogP) is 2.94. The normalized spacial score (nSPS) is 12.7. The molecule has 0 saturated carbocycles. The van der Waals surface area contributed by atoms with Crippen LogP contribution in [-0.4, -0.2) is 40.8 Å². The number of hydrogen-bond donors (Lipinski definition) is 3. The van der Waals surface area contributed by atoms with Crippen molar-refractivity contribution in [1.29, 1.82) is 0 Å². The molecule has 0 aliphatic carbocycles. The van der Waals surface area contributed by atoms with Crippen molar-refractivity contribution in [1.82, 2.24) is 14.6 Å². The second-order valence-electron chi connectivity index (χ2n) is 6.43. The molecule has 0 radical (unpaired) electrons. The zero-order chi connectivity index (χ0) is 19.7. The van der Waals surface area contributed by atoms with E-state index in [0.29, 0.717) is 48.3 Å². The molecule has 1 amide bonds. The molecule has 0 spiro atoms. The highest BCUT2D eigenvalue weighted by molar-refractivity contribution is 5.94. The number of anilines is 4. The molecule has 1 aromatic carbocycles. The van der Waals surface area contributed by atoms with Crippen LogP contribution in [0.5, 0.6) is 11.5 Å². The zero-order valence-corrected chi connectivity index (χ0v) is 16.0. The van der Waals surface area contributed by atoms with Gasteiger partial charge in [0, 0.05) is 19.5 Å². The average molecular weight is 382 g/mol. The number of aryl methyl sites for hydroxylation is 1. The first-order chi connectivity index (χ1) is 13.6. The van der Waals surface area contributed by atoms with Crippen LogP contribution in [0.3, 0.4) is 0 Å². The molecule has 1 aliphatic rings. The first-order valence-corrected chi connectivity index (χ1v) is 9.12. The van der Waals surface area contributed by atoms with Gasteiger partial charge in [0.05, 0.1) is 11.9 Å². The number of amides is 1. The van der Waals surface area contributed by atoms with Gasteiger partial charge in [0.15, 0.2) is 17.1 Å². The lowest BCUT2D eigenvalue weighted by molar-refractivity contribution is -0.115. The van der Waals surface area contributed by atoms with E-state index in [1.165, 1.54) is 0 Å². The van der Waals surface area contributed by atoms with Crippen molar-refractivity contribution in [2.24, 2.45) is 0 Å². The fourth-order valence-corrected chi connectivity index (χ4v) is 3.05. The predicted molar refractivity (Wildman–Crippen MR) is 107 cm³/mol. The minimum absolute atomic E-state index is 0.0978. The molecular weight excluding hydrogens is 360 g/mol. The number of rotatable bonds is 5. The van der Waals surface area contributed by atoms with Gasteiger partial charge in [-0.1, -0.05) is 6.92 Å². The van der Waals surface area contributed by atoms with Gasteiger partial charge in [-0.2, -0.15) is 9.61 Å². The van der Waals surface area contributed by atoms with E-state index in [1.54, 1.807) is 24.7 Å². The highest BCUT2D eigenvalue weighted by atomic mass is 16.6. The molecule has 4 rings (SSSR count). The number of hydrogen-bond acceptors (Lipinski definition) is 7. The first-order valence-electron chi connectivity index (χ1n) is 9.12. The van der Waals surface area contributed by atoms with Crippen molar-refractivity contribution in [3.8, 4) is 11.5 Å². The molecule has 9 heteroatoms. The van der Waals surface area contributed by atoms with E-state index < -0.39 is 0 Å². The van der Waals surface area contributed by atoms with Gasteiger partial charge in [-0.15, -0.1) is 0 Å². The lowest BCUT2D eigenvalue weighted by Crippen LogP contribution is -2.16. The third-order valence-electron chi connectivity index (χ3n) is 4.37. The summed E-state index contributed by atoms with van der Waals surface area (Å²) in [6, 6.07) is 5.77. The van der Waals surface area contributed by atoms with Gasteiger partial charge in [0.2, 0.25) is 5.91 Å². The molecule has 2 aromatic heterocycles.